The molecular weight excluding hydrogens is 249 g/mol. The molecule has 0 atom stereocenters. The van der Waals surface area contributed by atoms with Crippen LogP contribution in [0.4, 0.5) is 13.2 Å². The topological polar surface area (TPSA) is 38.9 Å². The van der Waals surface area contributed by atoms with Gasteiger partial charge in [-0.25, -0.2) is 18.2 Å². The van der Waals surface area contributed by atoms with E-state index in [4.69, 9.17) is 5.73 Å². The molecule has 1 heterocycles. The number of halogens is 4. The summed E-state index contributed by atoms with van der Waals surface area (Å²) in [6.07, 6.45) is -2.72. The van der Waals surface area contributed by atoms with Crippen LogP contribution in [0.3, 0.4) is 0 Å². The van der Waals surface area contributed by atoms with Gasteiger partial charge in [0.2, 0.25) is 0 Å². The van der Waals surface area contributed by atoms with E-state index in [2.05, 4.69) is 20.9 Å². The molecule has 1 aromatic heterocycles. The van der Waals surface area contributed by atoms with Crippen molar-refractivity contribution in [3.8, 4) is 0 Å². The van der Waals surface area contributed by atoms with Crippen LogP contribution in [0.25, 0.3) is 0 Å². The van der Waals surface area contributed by atoms with Crippen molar-refractivity contribution in [1.29, 1.82) is 0 Å². The van der Waals surface area contributed by atoms with Gasteiger partial charge in [0, 0.05) is 12.1 Å². The van der Waals surface area contributed by atoms with E-state index in [1.165, 1.54) is 0 Å². The number of alkyl halides is 2. The number of rotatable bonds is 2. The maximum Gasteiger partial charge on any atom is 0.280 e. The molecule has 0 aliphatic heterocycles. The molecule has 1 rings (SSSR count). The molecular formula is C7H6BrF3N2. The maximum atomic E-state index is 13.0. The van der Waals surface area contributed by atoms with E-state index in [0.29, 0.717) is 0 Å². The Morgan fingerprint density at radius 1 is 1.54 bits per heavy atom. The first-order valence-corrected chi connectivity index (χ1v) is 4.18. The second-order valence-electron chi connectivity index (χ2n) is 2.32. The van der Waals surface area contributed by atoms with E-state index in [1.54, 1.807) is 0 Å². The molecule has 0 saturated carbocycles. The minimum atomic E-state index is -2.72. The molecule has 13 heavy (non-hydrogen) atoms. The smallest absolute Gasteiger partial charge is 0.280 e. The molecule has 0 unspecified atom stereocenters. The summed E-state index contributed by atoms with van der Waals surface area (Å²) in [5.41, 5.74) is 4.70. The van der Waals surface area contributed by atoms with Crippen molar-refractivity contribution in [3.05, 3.63) is 27.7 Å². The SMILES string of the molecule is NCc1cc(C(F)F)nc(Br)c1F. The minimum absolute atomic E-state index is 0.0252. The van der Waals surface area contributed by atoms with Crippen LogP contribution in [-0.4, -0.2) is 4.98 Å². The zero-order chi connectivity index (χ0) is 10.0. The number of pyridine rings is 1. The van der Waals surface area contributed by atoms with Gasteiger partial charge in [0.15, 0.2) is 5.82 Å². The highest BCUT2D eigenvalue weighted by molar-refractivity contribution is 9.10. The summed E-state index contributed by atoms with van der Waals surface area (Å²) in [6.45, 7) is -0.132. The van der Waals surface area contributed by atoms with Crippen LogP contribution in [0.5, 0.6) is 0 Å². The predicted molar refractivity (Wildman–Crippen MR) is 44.7 cm³/mol. The highest BCUT2D eigenvalue weighted by Gasteiger charge is 2.15. The number of nitrogens with zero attached hydrogens (tertiary/aromatic N) is 1. The Kier molecular flexibility index (Phi) is 3.27. The van der Waals surface area contributed by atoms with Crippen LogP contribution in [0.15, 0.2) is 10.7 Å². The molecule has 0 radical (unpaired) electrons. The van der Waals surface area contributed by atoms with Gasteiger partial charge in [-0.3, -0.25) is 0 Å². The molecule has 0 amide bonds. The molecule has 1 aromatic rings. The van der Waals surface area contributed by atoms with Crippen LogP contribution in [-0.2, 0) is 6.54 Å². The molecule has 0 spiro atoms. The molecule has 0 aromatic carbocycles. The van der Waals surface area contributed by atoms with Crippen LogP contribution in [0.2, 0.25) is 0 Å². The van der Waals surface area contributed by atoms with Crippen LogP contribution in [0, 0.1) is 5.82 Å². The quantitative estimate of drug-likeness (QED) is 0.824. The largest absolute Gasteiger partial charge is 0.326 e. The van der Waals surface area contributed by atoms with Gasteiger partial charge >= 0.3 is 0 Å². The molecule has 0 bridgehead atoms. The lowest BCUT2D eigenvalue weighted by atomic mass is 10.2. The van der Waals surface area contributed by atoms with Crippen LogP contribution < -0.4 is 5.73 Å². The summed E-state index contributed by atoms with van der Waals surface area (Å²) in [5, 5.41) is 0. The Balaban J connectivity index is 3.22. The Bertz CT molecular complexity index is 317. The lowest BCUT2D eigenvalue weighted by Gasteiger charge is -2.05. The van der Waals surface area contributed by atoms with Gasteiger partial charge in [-0.1, -0.05) is 0 Å². The van der Waals surface area contributed by atoms with E-state index in [0.717, 1.165) is 6.07 Å². The molecule has 2 N–H and O–H groups in total. The van der Waals surface area contributed by atoms with Crippen molar-refractivity contribution in [1.82, 2.24) is 4.98 Å². The standard InChI is InChI=1S/C7H6BrF3N2/c8-6-5(9)3(2-12)1-4(13-6)7(10)11/h1,7H,2,12H2. The van der Waals surface area contributed by atoms with E-state index >= 15 is 0 Å². The third-order valence-electron chi connectivity index (χ3n) is 1.46. The average Bonchev–Trinajstić information content (AvgIpc) is 2.09. The first-order valence-electron chi connectivity index (χ1n) is 3.39. The highest BCUT2D eigenvalue weighted by Crippen LogP contribution is 2.23. The lowest BCUT2D eigenvalue weighted by molar-refractivity contribution is 0.145. The lowest BCUT2D eigenvalue weighted by Crippen LogP contribution is -2.04. The summed E-state index contributed by atoms with van der Waals surface area (Å²) >= 11 is 2.73. The van der Waals surface area contributed by atoms with Gasteiger partial charge in [-0.15, -0.1) is 0 Å². The molecule has 0 saturated heterocycles. The van der Waals surface area contributed by atoms with E-state index in [-0.39, 0.29) is 16.7 Å². The van der Waals surface area contributed by atoms with Crippen molar-refractivity contribution < 1.29 is 13.2 Å². The maximum absolute atomic E-state index is 13.0. The monoisotopic (exact) mass is 254 g/mol. The molecule has 0 aliphatic carbocycles. The Morgan fingerprint density at radius 3 is 2.62 bits per heavy atom. The predicted octanol–water partition coefficient (Wildman–Crippen LogP) is 2.38. The first kappa shape index (κ1) is 10.5. The Hall–Kier alpha value is -0.620. The fourth-order valence-electron chi connectivity index (χ4n) is 0.829. The number of aromatic nitrogens is 1. The van der Waals surface area contributed by atoms with E-state index in [9.17, 15) is 13.2 Å². The molecule has 0 aliphatic rings. The summed E-state index contributed by atoms with van der Waals surface area (Å²) < 4.78 is 37.1. The van der Waals surface area contributed by atoms with Gasteiger partial charge in [-0.05, 0) is 22.0 Å². The Morgan fingerprint density at radius 2 is 2.15 bits per heavy atom. The molecule has 6 heteroatoms. The molecule has 72 valence electrons. The van der Waals surface area contributed by atoms with Crippen molar-refractivity contribution in [2.75, 3.05) is 0 Å². The second kappa shape index (κ2) is 4.06. The normalized spacial score (nSPS) is 10.9. The summed E-state index contributed by atoms with van der Waals surface area (Å²) in [4.78, 5) is 3.32. The van der Waals surface area contributed by atoms with Crippen LogP contribution in [0.1, 0.15) is 17.7 Å². The highest BCUT2D eigenvalue weighted by atomic mass is 79.9. The first-order chi connectivity index (χ1) is 6.06. The third kappa shape index (κ3) is 2.19. The zero-order valence-corrected chi connectivity index (χ0v) is 7.98. The number of hydrogen-bond donors (Lipinski definition) is 1. The summed E-state index contributed by atoms with van der Waals surface area (Å²) in [6, 6.07) is 0.963. The van der Waals surface area contributed by atoms with E-state index < -0.39 is 17.9 Å². The molecule has 2 nitrogen and oxygen atoms in total. The fourth-order valence-corrected chi connectivity index (χ4v) is 1.29. The van der Waals surface area contributed by atoms with Crippen molar-refractivity contribution in [2.24, 2.45) is 5.73 Å². The number of hydrogen-bond acceptors (Lipinski definition) is 2. The van der Waals surface area contributed by atoms with Crippen molar-refractivity contribution in [3.63, 3.8) is 0 Å². The molecule has 0 fully saturated rings. The summed E-state index contributed by atoms with van der Waals surface area (Å²) in [5.74, 6) is -0.688. The summed E-state index contributed by atoms with van der Waals surface area (Å²) in [7, 11) is 0. The average molecular weight is 255 g/mol. The second-order valence-corrected chi connectivity index (χ2v) is 3.07. The van der Waals surface area contributed by atoms with Gasteiger partial charge in [0.05, 0.1) is 0 Å². The van der Waals surface area contributed by atoms with Gasteiger partial charge < -0.3 is 5.73 Å². The number of nitrogens with two attached hydrogens (primary N) is 1. The Labute approximate surface area is 81.1 Å². The van der Waals surface area contributed by atoms with Gasteiger partial charge in [-0.2, -0.15) is 0 Å². The van der Waals surface area contributed by atoms with Crippen molar-refractivity contribution >= 4 is 15.9 Å². The van der Waals surface area contributed by atoms with E-state index in [1.807, 2.05) is 0 Å². The minimum Gasteiger partial charge on any atom is -0.326 e. The van der Waals surface area contributed by atoms with Gasteiger partial charge in [0.1, 0.15) is 10.3 Å². The van der Waals surface area contributed by atoms with Gasteiger partial charge in [0.25, 0.3) is 6.43 Å². The fraction of sp³-hybridized carbons (Fsp3) is 0.286. The van der Waals surface area contributed by atoms with Crippen LogP contribution >= 0.6 is 15.9 Å². The van der Waals surface area contributed by atoms with Crippen molar-refractivity contribution in [2.45, 2.75) is 13.0 Å². The zero-order valence-electron chi connectivity index (χ0n) is 6.40. The third-order valence-corrected chi connectivity index (χ3v) is 1.98.